The molecule has 1 aliphatic rings. The van der Waals surface area contributed by atoms with Gasteiger partial charge in [-0.05, 0) is 43.0 Å². The number of benzene rings is 2. The molecule has 3 aromatic rings. The molecule has 2 aromatic carbocycles. The third-order valence-corrected chi connectivity index (χ3v) is 5.46. The highest BCUT2D eigenvalue weighted by Gasteiger charge is 2.23. The lowest BCUT2D eigenvalue weighted by molar-refractivity contribution is 0.643. The van der Waals surface area contributed by atoms with Crippen LogP contribution in [-0.4, -0.2) is 43.7 Å². The van der Waals surface area contributed by atoms with Gasteiger partial charge in [-0.15, -0.1) is 24.0 Å². The molecule has 1 unspecified atom stereocenters. The van der Waals surface area contributed by atoms with Crippen LogP contribution in [0.5, 0.6) is 0 Å². The maximum Gasteiger partial charge on any atom is 0.191 e. The molecule has 6 heteroatoms. The second-order valence-electron chi connectivity index (χ2n) is 7.37. The Labute approximate surface area is 190 Å². The Morgan fingerprint density at radius 1 is 1.14 bits per heavy atom. The zero-order valence-electron chi connectivity index (χ0n) is 16.9. The van der Waals surface area contributed by atoms with Gasteiger partial charge in [0.15, 0.2) is 5.96 Å². The normalized spacial score (nSPS) is 16.7. The van der Waals surface area contributed by atoms with E-state index in [1.54, 1.807) is 0 Å². The van der Waals surface area contributed by atoms with Crippen molar-refractivity contribution in [1.82, 2.24) is 15.6 Å². The fraction of sp³-hybridized carbons (Fsp3) is 0.348. The van der Waals surface area contributed by atoms with Crippen molar-refractivity contribution >= 4 is 46.5 Å². The average Bonchev–Trinajstić information content (AvgIpc) is 3.38. The fourth-order valence-corrected chi connectivity index (χ4v) is 3.96. The number of aliphatic imine (C=N–C) groups is 1. The molecule has 4 rings (SSSR count). The SMILES string of the molecule is CN=C(NCCCc1c[nH]c2ccccc12)NC1CCN(c2ccccc2)C1.I. The average molecular weight is 503 g/mol. The van der Waals surface area contributed by atoms with Crippen molar-refractivity contribution in [3.8, 4) is 0 Å². The zero-order valence-corrected chi connectivity index (χ0v) is 19.2. The van der Waals surface area contributed by atoms with Crippen LogP contribution >= 0.6 is 24.0 Å². The summed E-state index contributed by atoms with van der Waals surface area (Å²) in [6, 6.07) is 19.6. The van der Waals surface area contributed by atoms with Gasteiger partial charge in [-0.1, -0.05) is 36.4 Å². The van der Waals surface area contributed by atoms with Gasteiger partial charge in [-0.3, -0.25) is 4.99 Å². The number of aromatic amines is 1. The molecular formula is C23H30IN5. The van der Waals surface area contributed by atoms with Gasteiger partial charge in [0.2, 0.25) is 0 Å². The van der Waals surface area contributed by atoms with Crippen molar-refractivity contribution in [2.45, 2.75) is 25.3 Å². The number of nitrogens with one attached hydrogen (secondary N) is 3. The summed E-state index contributed by atoms with van der Waals surface area (Å²) in [6.07, 6.45) is 5.39. The number of H-pyrrole nitrogens is 1. The predicted octanol–water partition coefficient (Wildman–Crippen LogP) is 4.16. The third-order valence-electron chi connectivity index (χ3n) is 5.46. The number of anilines is 1. The van der Waals surface area contributed by atoms with Crippen molar-refractivity contribution < 1.29 is 0 Å². The molecule has 5 nitrogen and oxygen atoms in total. The Hall–Kier alpha value is -2.22. The summed E-state index contributed by atoms with van der Waals surface area (Å²) in [4.78, 5) is 10.2. The summed E-state index contributed by atoms with van der Waals surface area (Å²) >= 11 is 0. The van der Waals surface area contributed by atoms with Gasteiger partial charge in [-0.2, -0.15) is 0 Å². The van der Waals surface area contributed by atoms with Crippen LogP contribution < -0.4 is 15.5 Å². The largest absolute Gasteiger partial charge is 0.369 e. The monoisotopic (exact) mass is 503 g/mol. The number of halogens is 1. The predicted molar refractivity (Wildman–Crippen MR) is 134 cm³/mol. The molecule has 0 bridgehead atoms. The van der Waals surface area contributed by atoms with Crippen LogP contribution in [0.2, 0.25) is 0 Å². The molecule has 1 fully saturated rings. The number of guanidine groups is 1. The van der Waals surface area contributed by atoms with Crippen molar-refractivity contribution in [3.63, 3.8) is 0 Å². The Bertz CT molecular complexity index is 921. The lowest BCUT2D eigenvalue weighted by Gasteiger charge is -2.20. The molecule has 2 heterocycles. The molecule has 1 saturated heterocycles. The van der Waals surface area contributed by atoms with E-state index in [0.29, 0.717) is 6.04 Å². The molecule has 0 amide bonds. The minimum atomic E-state index is 0. The minimum absolute atomic E-state index is 0. The first-order valence-corrected chi connectivity index (χ1v) is 10.2. The first-order valence-electron chi connectivity index (χ1n) is 10.2. The first-order chi connectivity index (χ1) is 13.8. The Morgan fingerprint density at radius 2 is 1.93 bits per heavy atom. The Kier molecular flexibility index (Phi) is 7.80. The standard InChI is InChI=1S/C23H29N5.HI/c1-24-23(27-19-13-15-28(17-19)20-9-3-2-4-10-20)25-14-7-8-18-16-26-22-12-6-5-11-21(18)22;/h2-6,9-12,16,19,26H,7-8,13-15,17H2,1H3,(H2,24,25,27);1H. The number of rotatable bonds is 6. The van der Waals surface area contributed by atoms with Crippen LogP contribution in [0.4, 0.5) is 5.69 Å². The van der Waals surface area contributed by atoms with Gasteiger partial charge in [0.25, 0.3) is 0 Å². The maximum atomic E-state index is 4.40. The number of hydrogen-bond donors (Lipinski definition) is 3. The van der Waals surface area contributed by atoms with E-state index in [2.05, 4.69) is 86.3 Å². The van der Waals surface area contributed by atoms with Crippen molar-refractivity contribution in [2.24, 2.45) is 4.99 Å². The van der Waals surface area contributed by atoms with Crippen LogP contribution in [0.1, 0.15) is 18.4 Å². The summed E-state index contributed by atoms with van der Waals surface area (Å²) in [5.41, 5.74) is 3.90. The van der Waals surface area contributed by atoms with Gasteiger partial charge in [0.1, 0.15) is 0 Å². The number of aryl methyl sites for hydroxylation is 1. The van der Waals surface area contributed by atoms with Crippen LogP contribution in [0.15, 0.2) is 65.8 Å². The van der Waals surface area contributed by atoms with Gasteiger partial charge in [0, 0.05) is 55.5 Å². The highest BCUT2D eigenvalue weighted by atomic mass is 127. The molecule has 29 heavy (non-hydrogen) atoms. The highest BCUT2D eigenvalue weighted by molar-refractivity contribution is 14.0. The summed E-state index contributed by atoms with van der Waals surface area (Å²) in [5, 5.41) is 8.38. The van der Waals surface area contributed by atoms with E-state index in [-0.39, 0.29) is 24.0 Å². The van der Waals surface area contributed by atoms with E-state index in [0.717, 1.165) is 44.9 Å². The molecule has 0 radical (unpaired) electrons. The second-order valence-corrected chi connectivity index (χ2v) is 7.37. The number of hydrogen-bond acceptors (Lipinski definition) is 2. The van der Waals surface area contributed by atoms with E-state index in [1.807, 2.05) is 7.05 Å². The number of fused-ring (bicyclic) bond motifs is 1. The summed E-state index contributed by atoms with van der Waals surface area (Å²) < 4.78 is 0. The van der Waals surface area contributed by atoms with Crippen molar-refractivity contribution in [2.75, 3.05) is 31.6 Å². The summed E-state index contributed by atoms with van der Waals surface area (Å²) in [6.45, 7) is 3.01. The molecule has 0 spiro atoms. The third kappa shape index (κ3) is 5.44. The van der Waals surface area contributed by atoms with Gasteiger partial charge in [-0.25, -0.2) is 0 Å². The lowest BCUT2D eigenvalue weighted by atomic mass is 10.1. The topological polar surface area (TPSA) is 55.5 Å². The molecule has 0 aliphatic carbocycles. The van der Waals surface area contributed by atoms with Gasteiger partial charge in [0.05, 0.1) is 0 Å². The maximum absolute atomic E-state index is 4.40. The van der Waals surface area contributed by atoms with E-state index >= 15 is 0 Å². The van der Waals surface area contributed by atoms with Crippen LogP contribution in [-0.2, 0) is 6.42 Å². The van der Waals surface area contributed by atoms with E-state index in [9.17, 15) is 0 Å². The van der Waals surface area contributed by atoms with Gasteiger partial charge < -0.3 is 20.5 Å². The molecule has 1 atom stereocenters. The molecule has 154 valence electrons. The lowest BCUT2D eigenvalue weighted by Crippen LogP contribution is -2.44. The summed E-state index contributed by atoms with van der Waals surface area (Å²) in [7, 11) is 1.85. The second kappa shape index (κ2) is 10.5. The van der Waals surface area contributed by atoms with E-state index < -0.39 is 0 Å². The number of para-hydroxylation sites is 2. The smallest absolute Gasteiger partial charge is 0.191 e. The zero-order chi connectivity index (χ0) is 19.2. The molecule has 1 aromatic heterocycles. The number of aromatic nitrogens is 1. The first kappa shape index (κ1) is 21.5. The Balaban J connectivity index is 0.00000240. The summed E-state index contributed by atoms with van der Waals surface area (Å²) in [5.74, 6) is 0.902. The van der Waals surface area contributed by atoms with E-state index in [1.165, 1.54) is 22.2 Å². The van der Waals surface area contributed by atoms with Crippen LogP contribution in [0.3, 0.4) is 0 Å². The highest BCUT2D eigenvalue weighted by Crippen LogP contribution is 2.20. The van der Waals surface area contributed by atoms with Gasteiger partial charge >= 0.3 is 0 Å². The minimum Gasteiger partial charge on any atom is -0.369 e. The molecular weight excluding hydrogens is 473 g/mol. The molecule has 0 saturated carbocycles. The van der Waals surface area contributed by atoms with Crippen LogP contribution in [0, 0.1) is 0 Å². The Morgan fingerprint density at radius 3 is 2.76 bits per heavy atom. The molecule has 1 aliphatic heterocycles. The van der Waals surface area contributed by atoms with Crippen LogP contribution in [0.25, 0.3) is 10.9 Å². The quantitative estimate of drug-likeness (QED) is 0.205. The van der Waals surface area contributed by atoms with Crippen molar-refractivity contribution in [3.05, 3.63) is 66.4 Å². The number of nitrogens with zero attached hydrogens (tertiary/aromatic N) is 2. The fourth-order valence-electron chi connectivity index (χ4n) is 3.96. The molecule has 3 N–H and O–H groups in total. The van der Waals surface area contributed by atoms with Crippen molar-refractivity contribution in [1.29, 1.82) is 0 Å². The van der Waals surface area contributed by atoms with E-state index in [4.69, 9.17) is 0 Å².